The molecule has 0 spiro atoms. The number of carbonyl (C=O) groups excluding carboxylic acids is 2. The van der Waals surface area contributed by atoms with Crippen molar-refractivity contribution < 1.29 is 18.0 Å². The third kappa shape index (κ3) is 6.54. The summed E-state index contributed by atoms with van der Waals surface area (Å²) in [5.41, 5.74) is 1.60. The molecule has 0 radical (unpaired) electrons. The van der Waals surface area contributed by atoms with Crippen molar-refractivity contribution >= 4 is 33.4 Å². The minimum atomic E-state index is -3.87. The standard InChI is InChI=1S/C23H30ClN3O4S/c1-5-14-25-23(29)18(3)27(15-19-8-6-7-9-21(19)24)22(28)16-26(4)32(30,31)20-12-10-17(2)11-13-20/h6-13,18H,5,14-16H2,1-4H3,(H,25,29)/t18-/m1/s1. The van der Waals surface area contributed by atoms with Gasteiger partial charge in [0.15, 0.2) is 0 Å². The Bertz CT molecular complexity index is 1040. The number of likely N-dealkylation sites (N-methyl/N-ethyl adjacent to an activating group) is 1. The van der Waals surface area contributed by atoms with E-state index in [1.807, 2.05) is 13.8 Å². The fourth-order valence-electron chi connectivity index (χ4n) is 3.05. The minimum absolute atomic E-state index is 0.0810. The molecule has 0 saturated carbocycles. The van der Waals surface area contributed by atoms with E-state index in [0.717, 1.165) is 16.3 Å². The first-order chi connectivity index (χ1) is 15.1. The lowest BCUT2D eigenvalue weighted by Crippen LogP contribution is -2.50. The minimum Gasteiger partial charge on any atom is -0.354 e. The van der Waals surface area contributed by atoms with Crippen LogP contribution in [0.3, 0.4) is 0 Å². The number of halogens is 1. The molecular formula is C23H30ClN3O4S. The zero-order chi connectivity index (χ0) is 23.9. The van der Waals surface area contributed by atoms with Gasteiger partial charge in [-0.25, -0.2) is 8.42 Å². The van der Waals surface area contributed by atoms with Gasteiger partial charge in [0, 0.05) is 25.2 Å². The summed E-state index contributed by atoms with van der Waals surface area (Å²) < 4.78 is 26.8. The highest BCUT2D eigenvalue weighted by Gasteiger charge is 2.30. The smallest absolute Gasteiger partial charge is 0.243 e. The van der Waals surface area contributed by atoms with Crippen LogP contribution < -0.4 is 5.32 Å². The number of hydrogen-bond donors (Lipinski definition) is 1. The predicted molar refractivity (Wildman–Crippen MR) is 126 cm³/mol. The summed E-state index contributed by atoms with van der Waals surface area (Å²) in [7, 11) is -2.52. The third-order valence-corrected chi connectivity index (χ3v) is 7.29. The van der Waals surface area contributed by atoms with Gasteiger partial charge in [-0.2, -0.15) is 4.31 Å². The molecule has 0 fully saturated rings. The van der Waals surface area contributed by atoms with E-state index >= 15 is 0 Å². The Balaban J connectivity index is 2.27. The monoisotopic (exact) mass is 479 g/mol. The van der Waals surface area contributed by atoms with E-state index in [0.29, 0.717) is 17.1 Å². The molecule has 0 unspecified atom stereocenters. The highest BCUT2D eigenvalue weighted by molar-refractivity contribution is 7.89. The number of amides is 2. The fraction of sp³-hybridized carbons (Fsp3) is 0.391. The van der Waals surface area contributed by atoms with Crippen LogP contribution in [0.15, 0.2) is 53.4 Å². The van der Waals surface area contributed by atoms with Crippen molar-refractivity contribution in [3.63, 3.8) is 0 Å². The van der Waals surface area contributed by atoms with Crippen molar-refractivity contribution in [3.05, 3.63) is 64.7 Å². The maximum absolute atomic E-state index is 13.2. The number of rotatable bonds is 10. The molecule has 1 N–H and O–H groups in total. The molecule has 0 bridgehead atoms. The lowest BCUT2D eigenvalue weighted by molar-refractivity contribution is -0.140. The topological polar surface area (TPSA) is 86.8 Å². The van der Waals surface area contributed by atoms with Crippen LogP contribution in [0.1, 0.15) is 31.4 Å². The molecule has 7 nitrogen and oxygen atoms in total. The molecular weight excluding hydrogens is 450 g/mol. The van der Waals surface area contributed by atoms with E-state index in [4.69, 9.17) is 11.6 Å². The maximum atomic E-state index is 13.2. The van der Waals surface area contributed by atoms with Gasteiger partial charge in [0.1, 0.15) is 6.04 Å². The molecule has 0 aliphatic carbocycles. The predicted octanol–water partition coefficient (Wildman–Crippen LogP) is 3.21. The van der Waals surface area contributed by atoms with E-state index in [9.17, 15) is 18.0 Å². The van der Waals surface area contributed by atoms with Gasteiger partial charge in [-0.1, -0.05) is 54.4 Å². The summed E-state index contributed by atoms with van der Waals surface area (Å²) in [5, 5.41) is 3.25. The quantitative estimate of drug-likeness (QED) is 0.566. The van der Waals surface area contributed by atoms with Gasteiger partial charge in [-0.15, -0.1) is 0 Å². The fourth-order valence-corrected chi connectivity index (χ4v) is 4.36. The molecule has 32 heavy (non-hydrogen) atoms. The summed E-state index contributed by atoms with van der Waals surface area (Å²) in [6.45, 7) is 5.57. The van der Waals surface area contributed by atoms with Crippen molar-refractivity contribution in [1.82, 2.24) is 14.5 Å². The summed E-state index contributed by atoms with van der Waals surface area (Å²) >= 11 is 6.27. The maximum Gasteiger partial charge on any atom is 0.243 e. The Labute approximate surface area is 195 Å². The Hall–Kier alpha value is -2.42. The molecule has 0 heterocycles. The first-order valence-electron chi connectivity index (χ1n) is 10.4. The Morgan fingerprint density at radius 1 is 1.09 bits per heavy atom. The molecule has 9 heteroatoms. The Kier molecular flexibility index (Phi) is 9.24. The highest BCUT2D eigenvalue weighted by Crippen LogP contribution is 2.20. The molecule has 2 aromatic carbocycles. The molecule has 2 aromatic rings. The van der Waals surface area contributed by atoms with Crippen LogP contribution in [0.5, 0.6) is 0 Å². The van der Waals surface area contributed by atoms with Crippen LogP contribution in [0.25, 0.3) is 0 Å². The summed E-state index contributed by atoms with van der Waals surface area (Å²) in [6, 6.07) is 12.7. The number of benzene rings is 2. The van der Waals surface area contributed by atoms with E-state index in [-0.39, 0.29) is 17.3 Å². The Morgan fingerprint density at radius 2 is 1.72 bits per heavy atom. The molecule has 0 aliphatic heterocycles. The molecule has 2 amide bonds. The molecule has 2 rings (SSSR count). The van der Waals surface area contributed by atoms with Crippen LogP contribution in [0.2, 0.25) is 5.02 Å². The molecule has 1 atom stereocenters. The van der Waals surface area contributed by atoms with Crippen molar-refractivity contribution in [2.45, 2.75) is 44.7 Å². The average Bonchev–Trinajstić information content (AvgIpc) is 2.76. The lowest BCUT2D eigenvalue weighted by atomic mass is 10.1. The van der Waals surface area contributed by atoms with Crippen molar-refractivity contribution in [3.8, 4) is 0 Å². The highest BCUT2D eigenvalue weighted by atomic mass is 35.5. The van der Waals surface area contributed by atoms with Gasteiger partial charge >= 0.3 is 0 Å². The van der Waals surface area contributed by atoms with Gasteiger partial charge in [-0.05, 0) is 44.0 Å². The first kappa shape index (κ1) is 25.8. The number of carbonyl (C=O) groups is 2. The number of nitrogens with one attached hydrogen (secondary N) is 1. The lowest BCUT2D eigenvalue weighted by Gasteiger charge is -2.30. The van der Waals surface area contributed by atoms with Gasteiger partial charge in [0.2, 0.25) is 21.8 Å². The number of nitrogens with zero attached hydrogens (tertiary/aromatic N) is 2. The molecule has 174 valence electrons. The first-order valence-corrected chi connectivity index (χ1v) is 12.2. The third-order valence-electron chi connectivity index (χ3n) is 5.10. The SMILES string of the molecule is CCCNC(=O)[C@@H](C)N(Cc1ccccc1Cl)C(=O)CN(C)S(=O)(=O)c1ccc(C)cc1. The van der Waals surface area contributed by atoms with Crippen LogP contribution in [0, 0.1) is 6.92 Å². The van der Waals surface area contributed by atoms with Crippen LogP contribution in [-0.2, 0) is 26.2 Å². The molecule has 0 saturated heterocycles. The zero-order valence-corrected chi connectivity index (χ0v) is 20.4. The second kappa shape index (κ2) is 11.4. The normalized spacial score (nSPS) is 12.4. The van der Waals surface area contributed by atoms with E-state index in [2.05, 4.69) is 5.32 Å². The zero-order valence-electron chi connectivity index (χ0n) is 18.8. The van der Waals surface area contributed by atoms with Crippen LogP contribution >= 0.6 is 11.6 Å². The van der Waals surface area contributed by atoms with Gasteiger partial charge in [-0.3, -0.25) is 9.59 Å². The Morgan fingerprint density at radius 3 is 2.31 bits per heavy atom. The largest absolute Gasteiger partial charge is 0.354 e. The van der Waals surface area contributed by atoms with Gasteiger partial charge < -0.3 is 10.2 Å². The van der Waals surface area contributed by atoms with Crippen molar-refractivity contribution in [2.24, 2.45) is 0 Å². The van der Waals surface area contributed by atoms with Crippen LogP contribution in [0.4, 0.5) is 0 Å². The van der Waals surface area contributed by atoms with E-state index in [1.54, 1.807) is 43.3 Å². The van der Waals surface area contributed by atoms with E-state index in [1.165, 1.54) is 24.1 Å². The second-order valence-electron chi connectivity index (χ2n) is 7.65. The summed E-state index contributed by atoms with van der Waals surface area (Å²) in [4.78, 5) is 27.3. The molecule has 0 aromatic heterocycles. The number of aryl methyl sites for hydroxylation is 1. The van der Waals surface area contributed by atoms with Gasteiger partial charge in [0.05, 0.1) is 11.4 Å². The van der Waals surface area contributed by atoms with E-state index < -0.39 is 28.5 Å². The number of sulfonamides is 1. The van der Waals surface area contributed by atoms with Crippen LogP contribution in [-0.4, -0.2) is 55.6 Å². The average molecular weight is 480 g/mol. The molecule has 0 aliphatic rings. The van der Waals surface area contributed by atoms with Crippen molar-refractivity contribution in [2.75, 3.05) is 20.1 Å². The van der Waals surface area contributed by atoms with Crippen molar-refractivity contribution in [1.29, 1.82) is 0 Å². The second-order valence-corrected chi connectivity index (χ2v) is 10.1. The number of hydrogen-bond acceptors (Lipinski definition) is 4. The summed E-state index contributed by atoms with van der Waals surface area (Å²) in [6.07, 6.45) is 0.758. The summed E-state index contributed by atoms with van der Waals surface area (Å²) in [5.74, 6) is -0.807. The van der Waals surface area contributed by atoms with Gasteiger partial charge in [0.25, 0.3) is 0 Å².